The van der Waals surface area contributed by atoms with Crippen LogP contribution in [0.5, 0.6) is 11.5 Å². The third kappa shape index (κ3) is 3.98. The van der Waals surface area contributed by atoms with Gasteiger partial charge in [-0.3, -0.25) is 0 Å². The Bertz CT molecular complexity index is 749. The van der Waals surface area contributed by atoms with Gasteiger partial charge in [0.25, 0.3) is 0 Å². The van der Waals surface area contributed by atoms with Crippen molar-refractivity contribution < 1.29 is 14.9 Å². The molecule has 25 heavy (non-hydrogen) atoms. The first-order chi connectivity index (χ1) is 11.3. The van der Waals surface area contributed by atoms with Crippen molar-refractivity contribution >= 4 is 0 Å². The van der Waals surface area contributed by atoms with Crippen molar-refractivity contribution in [3.8, 4) is 11.5 Å². The molecule has 136 valence electrons. The van der Waals surface area contributed by atoms with E-state index in [0.29, 0.717) is 0 Å². The van der Waals surface area contributed by atoms with Gasteiger partial charge >= 0.3 is 0 Å². The van der Waals surface area contributed by atoms with Crippen LogP contribution in [0.15, 0.2) is 24.3 Å². The Kier molecular flexibility index (Phi) is 4.93. The van der Waals surface area contributed by atoms with E-state index in [9.17, 15) is 10.2 Å². The van der Waals surface area contributed by atoms with Crippen LogP contribution in [0.3, 0.4) is 0 Å². The van der Waals surface area contributed by atoms with Crippen molar-refractivity contribution in [2.24, 2.45) is 0 Å². The van der Waals surface area contributed by atoms with Crippen molar-refractivity contribution in [1.29, 1.82) is 0 Å². The van der Waals surface area contributed by atoms with E-state index in [2.05, 4.69) is 0 Å². The van der Waals surface area contributed by atoms with Crippen molar-refractivity contribution in [3.05, 3.63) is 57.6 Å². The lowest BCUT2D eigenvalue weighted by Crippen LogP contribution is -2.28. The summed E-state index contributed by atoms with van der Waals surface area (Å²) in [5.41, 5.74) is 4.62. The van der Waals surface area contributed by atoms with Crippen LogP contribution in [0.4, 0.5) is 0 Å². The van der Waals surface area contributed by atoms with Crippen molar-refractivity contribution in [2.45, 2.75) is 66.6 Å². The van der Waals surface area contributed by atoms with Gasteiger partial charge in [0.05, 0.1) is 5.60 Å². The number of aryl methyl sites for hydroxylation is 4. The zero-order chi connectivity index (χ0) is 19.2. The summed E-state index contributed by atoms with van der Waals surface area (Å²) in [4.78, 5) is 0. The summed E-state index contributed by atoms with van der Waals surface area (Å²) in [6.07, 6.45) is 0. The molecule has 2 N–H and O–H groups in total. The maximum atomic E-state index is 10.4. The highest BCUT2D eigenvalue weighted by Crippen LogP contribution is 2.36. The largest absolute Gasteiger partial charge is 0.508 e. The van der Waals surface area contributed by atoms with Gasteiger partial charge in [0.1, 0.15) is 17.1 Å². The van der Waals surface area contributed by atoms with E-state index in [-0.39, 0.29) is 5.75 Å². The van der Waals surface area contributed by atoms with Gasteiger partial charge in [0.15, 0.2) is 0 Å². The lowest BCUT2D eigenvalue weighted by Gasteiger charge is -2.31. The van der Waals surface area contributed by atoms with Gasteiger partial charge in [0.2, 0.25) is 0 Å². The molecule has 0 aliphatic heterocycles. The minimum atomic E-state index is -0.883. The summed E-state index contributed by atoms with van der Waals surface area (Å²) < 4.78 is 6.36. The predicted octanol–water partition coefficient (Wildman–Crippen LogP) is 5.17. The summed E-state index contributed by atoms with van der Waals surface area (Å²) in [6, 6.07) is 7.49. The number of rotatable bonds is 4. The average Bonchev–Trinajstić information content (AvgIpc) is 2.32. The second-order valence-corrected chi connectivity index (χ2v) is 8.06. The molecule has 0 unspecified atom stereocenters. The first kappa shape index (κ1) is 19.3. The Morgan fingerprint density at radius 2 is 1.12 bits per heavy atom. The summed E-state index contributed by atoms with van der Waals surface area (Å²) in [5.74, 6) is 1.05. The van der Waals surface area contributed by atoms with Crippen molar-refractivity contribution in [2.75, 3.05) is 0 Å². The van der Waals surface area contributed by atoms with Crippen molar-refractivity contribution in [3.63, 3.8) is 0 Å². The van der Waals surface area contributed by atoms with Crippen LogP contribution in [0.1, 0.15) is 61.1 Å². The number of phenols is 1. The molecule has 2 rings (SSSR count). The second-order valence-electron chi connectivity index (χ2n) is 8.06. The molecule has 0 radical (unpaired) electrons. The van der Waals surface area contributed by atoms with Gasteiger partial charge in [-0.05, 0) is 107 Å². The summed E-state index contributed by atoms with van der Waals surface area (Å²) >= 11 is 0. The number of aromatic hydroxyl groups is 1. The molecule has 0 atom stereocenters. The molecule has 0 aliphatic rings. The molecule has 0 heterocycles. The fraction of sp³-hybridized carbons (Fsp3) is 0.455. The van der Waals surface area contributed by atoms with Crippen LogP contribution in [0.25, 0.3) is 0 Å². The number of phenolic OH excluding ortho intramolecular Hbond substituents is 1. The molecule has 0 spiro atoms. The molecule has 3 heteroatoms. The van der Waals surface area contributed by atoms with Gasteiger partial charge in [-0.2, -0.15) is 0 Å². The van der Waals surface area contributed by atoms with Gasteiger partial charge in [-0.1, -0.05) is 0 Å². The number of hydrogen-bond donors (Lipinski definition) is 2. The SMILES string of the molecule is Cc1cc(OC(C)(C)c2c(C)cc(O)cc2C)cc(C)c1C(C)(C)O. The minimum Gasteiger partial charge on any atom is -0.508 e. The smallest absolute Gasteiger partial charge is 0.129 e. The standard InChI is InChI=1S/C22H30O3/c1-13-9-17(23)10-14(2)20(13)22(7,8)25-18-11-15(3)19(16(4)12-18)21(5,6)24/h9-12,23-24H,1-8H3. The first-order valence-corrected chi connectivity index (χ1v) is 8.66. The maximum Gasteiger partial charge on any atom is 0.129 e. The van der Waals surface area contributed by atoms with Crippen LogP contribution < -0.4 is 4.74 Å². The van der Waals surface area contributed by atoms with Gasteiger partial charge < -0.3 is 14.9 Å². The molecule has 0 bridgehead atoms. The molecular weight excluding hydrogens is 312 g/mol. The van der Waals surface area contributed by atoms with E-state index >= 15 is 0 Å². The van der Waals surface area contributed by atoms with E-state index in [4.69, 9.17) is 4.74 Å². The Morgan fingerprint density at radius 3 is 1.52 bits per heavy atom. The summed E-state index contributed by atoms with van der Waals surface area (Å²) in [7, 11) is 0. The molecule has 0 saturated carbocycles. The molecule has 2 aromatic carbocycles. The third-order valence-electron chi connectivity index (χ3n) is 4.61. The van der Waals surface area contributed by atoms with E-state index in [1.807, 2.05) is 53.7 Å². The van der Waals surface area contributed by atoms with Gasteiger partial charge in [-0.25, -0.2) is 0 Å². The molecule has 0 fully saturated rings. The summed E-state index contributed by atoms with van der Waals surface area (Å²) in [5, 5.41) is 20.2. The number of aliphatic hydroxyl groups is 1. The van der Waals surface area contributed by atoms with Crippen LogP contribution >= 0.6 is 0 Å². The monoisotopic (exact) mass is 342 g/mol. The molecule has 0 saturated heterocycles. The number of benzene rings is 2. The zero-order valence-electron chi connectivity index (χ0n) is 16.6. The van der Waals surface area contributed by atoms with Crippen LogP contribution in [0, 0.1) is 27.7 Å². The van der Waals surface area contributed by atoms with Gasteiger partial charge in [-0.15, -0.1) is 0 Å². The fourth-order valence-electron chi connectivity index (χ4n) is 4.18. The van der Waals surface area contributed by atoms with Gasteiger partial charge in [0, 0.05) is 5.56 Å². The van der Waals surface area contributed by atoms with Crippen LogP contribution in [-0.4, -0.2) is 10.2 Å². The fourth-order valence-corrected chi connectivity index (χ4v) is 4.18. The van der Waals surface area contributed by atoms with E-state index in [1.165, 1.54) is 0 Å². The topological polar surface area (TPSA) is 49.7 Å². The molecule has 2 aromatic rings. The maximum absolute atomic E-state index is 10.4. The van der Waals surface area contributed by atoms with E-state index in [1.54, 1.807) is 26.0 Å². The molecular formula is C22H30O3. The molecule has 0 aromatic heterocycles. The van der Waals surface area contributed by atoms with Crippen molar-refractivity contribution in [1.82, 2.24) is 0 Å². The second kappa shape index (κ2) is 6.38. The van der Waals surface area contributed by atoms with E-state index < -0.39 is 11.2 Å². The molecule has 3 nitrogen and oxygen atoms in total. The number of hydrogen-bond acceptors (Lipinski definition) is 3. The summed E-state index contributed by atoms with van der Waals surface area (Å²) in [6.45, 7) is 15.6. The van der Waals surface area contributed by atoms with E-state index in [0.717, 1.165) is 39.1 Å². The van der Waals surface area contributed by atoms with Crippen LogP contribution in [0.2, 0.25) is 0 Å². The lowest BCUT2D eigenvalue weighted by molar-refractivity contribution is 0.0767. The Balaban J connectivity index is 2.46. The normalized spacial score (nSPS) is 12.4. The Labute approximate surface area is 151 Å². The lowest BCUT2D eigenvalue weighted by atomic mass is 9.88. The molecule has 0 aliphatic carbocycles. The minimum absolute atomic E-state index is 0.274. The average molecular weight is 342 g/mol. The Morgan fingerprint density at radius 1 is 0.720 bits per heavy atom. The highest BCUT2D eigenvalue weighted by atomic mass is 16.5. The highest BCUT2D eigenvalue weighted by Gasteiger charge is 2.28. The van der Waals surface area contributed by atoms with Crippen LogP contribution in [-0.2, 0) is 11.2 Å². The predicted molar refractivity (Wildman–Crippen MR) is 102 cm³/mol. The first-order valence-electron chi connectivity index (χ1n) is 8.66. The zero-order valence-corrected chi connectivity index (χ0v) is 16.6. The third-order valence-corrected chi connectivity index (χ3v) is 4.61. The number of ether oxygens (including phenoxy) is 1. The Hall–Kier alpha value is -2.00. The highest BCUT2D eigenvalue weighted by molar-refractivity contribution is 5.46. The quantitative estimate of drug-likeness (QED) is 0.806. The molecule has 0 amide bonds.